The molecule has 1 rings (SSSR count). The molecule has 0 saturated heterocycles. The van der Waals surface area contributed by atoms with Gasteiger partial charge in [-0.25, -0.2) is 4.79 Å². The van der Waals surface area contributed by atoms with Crippen LogP contribution in [0.3, 0.4) is 0 Å². The van der Waals surface area contributed by atoms with Crippen molar-refractivity contribution in [3.8, 4) is 5.75 Å². The van der Waals surface area contributed by atoms with Gasteiger partial charge in [-0.3, -0.25) is 10.1 Å². The summed E-state index contributed by atoms with van der Waals surface area (Å²) >= 11 is 0. The highest BCUT2D eigenvalue weighted by Gasteiger charge is 2.18. The predicted molar refractivity (Wildman–Crippen MR) is 89.6 cm³/mol. The van der Waals surface area contributed by atoms with Crippen LogP contribution in [0.1, 0.15) is 31.9 Å². The molecule has 1 aromatic carbocycles. The van der Waals surface area contributed by atoms with Crippen LogP contribution in [0.5, 0.6) is 5.75 Å². The zero-order valence-electron chi connectivity index (χ0n) is 14.9. The fraction of sp³-hybridized carbons (Fsp3) is 0.529. The number of carbonyl (C=O) groups excluding carboxylic acids is 2. The van der Waals surface area contributed by atoms with Crippen LogP contribution in [0.2, 0.25) is 0 Å². The van der Waals surface area contributed by atoms with Crippen molar-refractivity contribution in [2.75, 3.05) is 20.7 Å². The molecule has 0 aliphatic heterocycles. The van der Waals surface area contributed by atoms with Gasteiger partial charge in [-0.05, 0) is 39.8 Å². The van der Waals surface area contributed by atoms with Crippen molar-refractivity contribution in [3.05, 3.63) is 29.3 Å². The van der Waals surface area contributed by atoms with Gasteiger partial charge in [0.15, 0.2) is 6.54 Å². The highest BCUT2D eigenvalue weighted by molar-refractivity contribution is 5.94. The SMILES string of the molecule is COc1ccc(C)cc1C[NH+](C)CC(=O)NC(=O)NC(C)(C)C. The van der Waals surface area contributed by atoms with E-state index in [-0.39, 0.29) is 18.0 Å². The first-order valence-corrected chi connectivity index (χ1v) is 7.67. The Hall–Kier alpha value is -2.08. The molecular formula is C17H28N3O3+. The summed E-state index contributed by atoms with van der Waals surface area (Å²) in [6, 6.07) is 5.49. The highest BCUT2D eigenvalue weighted by atomic mass is 16.5. The average molecular weight is 322 g/mol. The molecule has 23 heavy (non-hydrogen) atoms. The minimum absolute atomic E-state index is 0.203. The van der Waals surface area contributed by atoms with Gasteiger partial charge in [0.25, 0.3) is 5.91 Å². The van der Waals surface area contributed by atoms with Crippen molar-refractivity contribution in [2.24, 2.45) is 0 Å². The third-order valence-corrected chi connectivity index (χ3v) is 3.13. The second-order valence-electron chi connectivity index (χ2n) is 6.88. The Kier molecular flexibility index (Phi) is 6.57. The number of likely N-dealkylation sites (N-methyl/N-ethyl adjacent to an activating group) is 1. The highest BCUT2D eigenvalue weighted by Crippen LogP contribution is 2.18. The number of aryl methyl sites for hydroxylation is 1. The molecule has 0 bridgehead atoms. The second kappa shape index (κ2) is 7.97. The number of carbonyl (C=O) groups is 2. The number of amides is 3. The van der Waals surface area contributed by atoms with Crippen molar-refractivity contribution in [1.29, 1.82) is 0 Å². The maximum atomic E-state index is 11.9. The fourth-order valence-corrected chi connectivity index (χ4v) is 2.25. The van der Waals surface area contributed by atoms with Gasteiger partial charge in [0.05, 0.1) is 14.2 Å². The van der Waals surface area contributed by atoms with Gasteiger partial charge in [-0.15, -0.1) is 0 Å². The van der Waals surface area contributed by atoms with Crippen LogP contribution in [0.15, 0.2) is 18.2 Å². The van der Waals surface area contributed by atoms with Crippen molar-refractivity contribution in [2.45, 2.75) is 39.8 Å². The van der Waals surface area contributed by atoms with Crippen LogP contribution >= 0.6 is 0 Å². The van der Waals surface area contributed by atoms with E-state index in [1.54, 1.807) is 7.11 Å². The van der Waals surface area contributed by atoms with Crippen LogP contribution in [-0.4, -0.2) is 38.2 Å². The van der Waals surface area contributed by atoms with E-state index in [9.17, 15) is 9.59 Å². The number of urea groups is 1. The molecule has 0 heterocycles. The van der Waals surface area contributed by atoms with Gasteiger partial charge in [-0.2, -0.15) is 0 Å². The predicted octanol–water partition coefficient (Wildman–Crippen LogP) is 0.643. The molecule has 0 spiro atoms. The van der Waals surface area contributed by atoms with Crippen LogP contribution in [0, 0.1) is 6.92 Å². The fourth-order valence-electron chi connectivity index (χ4n) is 2.25. The summed E-state index contributed by atoms with van der Waals surface area (Å²) in [5.74, 6) is 0.497. The van der Waals surface area contributed by atoms with Gasteiger partial charge >= 0.3 is 6.03 Å². The summed E-state index contributed by atoms with van der Waals surface area (Å²) in [6.45, 7) is 8.44. The van der Waals surface area contributed by atoms with Crippen LogP contribution in [0.4, 0.5) is 4.79 Å². The van der Waals surface area contributed by atoms with E-state index in [1.165, 1.54) is 0 Å². The molecule has 0 aliphatic rings. The van der Waals surface area contributed by atoms with Crippen LogP contribution in [-0.2, 0) is 11.3 Å². The molecule has 1 unspecified atom stereocenters. The summed E-state index contributed by atoms with van der Waals surface area (Å²) in [6.07, 6.45) is 0. The summed E-state index contributed by atoms with van der Waals surface area (Å²) < 4.78 is 5.35. The second-order valence-corrected chi connectivity index (χ2v) is 6.88. The summed E-state index contributed by atoms with van der Waals surface area (Å²) in [4.78, 5) is 24.6. The minimum Gasteiger partial charge on any atom is -0.496 e. The number of ether oxygens (including phenoxy) is 1. The maximum Gasteiger partial charge on any atom is 0.322 e. The number of rotatable bonds is 5. The molecule has 0 fully saturated rings. The molecule has 0 aliphatic carbocycles. The first kappa shape index (κ1) is 19.0. The Morgan fingerprint density at radius 1 is 1.26 bits per heavy atom. The number of quaternary nitrogens is 1. The van der Waals surface area contributed by atoms with E-state index in [1.807, 2.05) is 52.9 Å². The van der Waals surface area contributed by atoms with Crippen LogP contribution < -0.4 is 20.3 Å². The van der Waals surface area contributed by atoms with E-state index in [0.29, 0.717) is 6.54 Å². The number of nitrogens with one attached hydrogen (secondary N) is 3. The van der Waals surface area contributed by atoms with E-state index < -0.39 is 6.03 Å². The molecule has 1 atom stereocenters. The molecule has 3 amide bonds. The number of imide groups is 1. The Bertz CT molecular complexity index is 565. The zero-order chi connectivity index (χ0) is 17.6. The van der Waals surface area contributed by atoms with Crippen LogP contribution in [0.25, 0.3) is 0 Å². The normalized spacial score (nSPS) is 12.4. The van der Waals surface area contributed by atoms with E-state index in [4.69, 9.17) is 4.74 Å². The first-order chi connectivity index (χ1) is 10.6. The lowest BCUT2D eigenvalue weighted by molar-refractivity contribution is -0.885. The van der Waals surface area contributed by atoms with Gasteiger partial charge in [0.1, 0.15) is 12.3 Å². The number of hydrogen-bond acceptors (Lipinski definition) is 3. The topological polar surface area (TPSA) is 71.9 Å². The maximum absolute atomic E-state index is 11.9. The molecule has 0 radical (unpaired) electrons. The molecule has 3 N–H and O–H groups in total. The van der Waals surface area contributed by atoms with Crippen molar-refractivity contribution >= 4 is 11.9 Å². The smallest absolute Gasteiger partial charge is 0.322 e. The Labute approximate surface area is 138 Å². The largest absolute Gasteiger partial charge is 0.496 e. The lowest BCUT2D eigenvalue weighted by Crippen LogP contribution is -3.09. The van der Waals surface area contributed by atoms with Gasteiger partial charge in [-0.1, -0.05) is 11.6 Å². The lowest BCUT2D eigenvalue weighted by Gasteiger charge is -2.21. The summed E-state index contributed by atoms with van der Waals surface area (Å²) in [7, 11) is 3.54. The van der Waals surface area contributed by atoms with Crippen molar-refractivity contribution in [3.63, 3.8) is 0 Å². The number of hydrogen-bond donors (Lipinski definition) is 3. The van der Waals surface area contributed by atoms with Crippen molar-refractivity contribution in [1.82, 2.24) is 10.6 Å². The first-order valence-electron chi connectivity index (χ1n) is 7.67. The third kappa shape index (κ3) is 7.15. The summed E-state index contributed by atoms with van der Waals surface area (Å²) in [5.41, 5.74) is 1.80. The Morgan fingerprint density at radius 2 is 1.91 bits per heavy atom. The standard InChI is InChI=1S/C17H27N3O3/c1-12-7-8-14(23-6)13(9-12)10-20(5)11-15(21)18-16(22)19-17(2,3)4/h7-9H,10-11H2,1-6H3,(H2,18,19,21,22)/p+1. The van der Waals surface area contributed by atoms with E-state index in [2.05, 4.69) is 10.6 Å². The zero-order valence-corrected chi connectivity index (χ0v) is 14.9. The average Bonchev–Trinajstić information content (AvgIpc) is 2.35. The number of benzene rings is 1. The molecule has 6 nitrogen and oxygen atoms in total. The Morgan fingerprint density at radius 3 is 2.48 bits per heavy atom. The molecule has 128 valence electrons. The van der Waals surface area contributed by atoms with E-state index >= 15 is 0 Å². The van der Waals surface area contributed by atoms with E-state index in [0.717, 1.165) is 21.8 Å². The molecular weight excluding hydrogens is 294 g/mol. The number of methoxy groups -OCH3 is 1. The molecule has 1 aromatic rings. The monoisotopic (exact) mass is 322 g/mol. The third-order valence-electron chi connectivity index (χ3n) is 3.13. The molecule has 0 aromatic heterocycles. The van der Waals surface area contributed by atoms with Gasteiger partial charge in [0.2, 0.25) is 0 Å². The van der Waals surface area contributed by atoms with Gasteiger partial charge in [0, 0.05) is 11.1 Å². The Balaban J connectivity index is 2.56. The quantitative estimate of drug-likeness (QED) is 0.745. The minimum atomic E-state index is -0.469. The lowest BCUT2D eigenvalue weighted by atomic mass is 10.1. The molecule has 6 heteroatoms. The molecule has 0 saturated carbocycles. The van der Waals surface area contributed by atoms with Gasteiger partial charge < -0.3 is 15.0 Å². The van der Waals surface area contributed by atoms with Crippen molar-refractivity contribution < 1.29 is 19.2 Å². The summed E-state index contributed by atoms with van der Waals surface area (Å²) in [5, 5.41) is 5.05.